The molecule has 3 aromatic rings. The number of hydrogen-bond donors (Lipinski definition) is 5. The molecule has 0 saturated carbocycles. The molecule has 0 spiro atoms. The van der Waals surface area contributed by atoms with Crippen LogP contribution in [-0.4, -0.2) is 40.6 Å². The van der Waals surface area contributed by atoms with Crippen LogP contribution in [0, 0.1) is 5.82 Å². The number of benzene rings is 2. The number of H-pyrrole nitrogens is 1. The zero-order valence-electron chi connectivity index (χ0n) is 15.2. The quantitative estimate of drug-likeness (QED) is 0.419. The first-order valence-electron chi connectivity index (χ1n) is 8.80. The van der Waals surface area contributed by atoms with E-state index in [1.165, 1.54) is 18.2 Å². The topological polar surface area (TPSA) is 123 Å². The summed E-state index contributed by atoms with van der Waals surface area (Å²) in [4.78, 5) is 38.5. The molecule has 0 aliphatic carbocycles. The molecule has 5 N–H and O–H groups in total. The largest absolute Gasteiger partial charge is 0.480 e. The minimum atomic E-state index is -1.20. The van der Waals surface area contributed by atoms with E-state index in [9.17, 15) is 23.9 Å². The lowest BCUT2D eigenvalue weighted by Crippen LogP contribution is -2.48. The summed E-state index contributed by atoms with van der Waals surface area (Å²) in [6, 6.07) is 10.8. The molecule has 9 heteroatoms. The van der Waals surface area contributed by atoms with Gasteiger partial charge in [-0.25, -0.2) is 14.0 Å². The van der Waals surface area contributed by atoms with Crippen molar-refractivity contribution >= 4 is 34.5 Å². The third kappa shape index (κ3) is 5.32. The highest BCUT2D eigenvalue weighted by Gasteiger charge is 2.22. The summed E-state index contributed by atoms with van der Waals surface area (Å²) in [7, 11) is 0. The van der Waals surface area contributed by atoms with E-state index < -0.39 is 36.3 Å². The van der Waals surface area contributed by atoms with E-state index in [0.717, 1.165) is 22.5 Å². The summed E-state index contributed by atoms with van der Waals surface area (Å²) < 4.78 is 13.1. The standard InChI is InChI=1S/C20H19FN4O4/c21-13-4-3-5-14(9-13)24-18(26)11-23-20(29)25-17(19(27)28)8-12-10-22-16-7-2-1-6-15(12)16/h1-7,9-10,17,22H,8,11H2,(H,24,26)(H,27,28)(H2,23,25,29). The number of nitrogens with one attached hydrogen (secondary N) is 4. The zero-order chi connectivity index (χ0) is 20.8. The maximum Gasteiger partial charge on any atom is 0.326 e. The smallest absolute Gasteiger partial charge is 0.326 e. The highest BCUT2D eigenvalue weighted by Crippen LogP contribution is 2.19. The highest BCUT2D eigenvalue weighted by molar-refractivity contribution is 5.94. The van der Waals surface area contributed by atoms with Crippen molar-refractivity contribution in [3.63, 3.8) is 0 Å². The van der Waals surface area contributed by atoms with Crippen LogP contribution in [0.2, 0.25) is 0 Å². The van der Waals surface area contributed by atoms with Crippen LogP contribution in [0.1, 0.15) is 5.56 Å². The van der Waals surface area contributed by atoms with Gasteiger partial charge in [-0.1, -0.05) is 24.3 Å². The van der Waals surface area contributed by atoms with E-state index in [1.807, 2.05) is 24.3 Å². The van der Waals surface area contributed by atoms with E-state index in [1.54, 1.807) is 6.20 Å². The first kappa shape index (κ1) is 19.9. The molecule has 0 aliphatic heterocycles. The number of aromatic nitrogens is 1. The Morgan fingerprint density at radius 3 is 2.66 bits per heavy atom. The number of rotatable bonds is 7. The van der Waals surface area contributed by atoms with Gasteiger partial charge >= 0.3 is 12.0 Å². The lowest BCUT2D eigenvalue weighted by atomic mass is 10.1. The van der Waals surface area contributed by atoms with Gasteiger partial charge in [0.25, 0.3) is 0 Å². The molecule has 0 saturated heterocycles. The van der Waals surface area contributed by atoms with Crippen LogP contribution in [0.5, 0.6) is 0 Å². The van der Waals surface area contributed by atoms with Gasteiger partial charge in [0, 0.05) is 29.2 Å². The molecule has 1 heterocycles. The number of aromatic amines is 1. The van der Waals surface area contributed by atoms with E-state index >= 15 is 0 Å². The van der Waals surface area contributed by atoms with Gasteiger partial charge in [0.2, 0.25) is 5.91 Å². The molecule has 0 bridgehead atoms. The van der Waals surface area contributed by atoms with Crippen molar-refractivity contribution in [2.75, 3.05) is 11.9 Å². The van der Waals surface area contributed by atoms with Crippen molar-refractivity contribution in [2.24, 2.45) is 0 Å². The number of carboxylic acids is 1. The van der Waals surface area contributed by atoms with Gasteiger partial charge in [0.1, 0.15) is 11.9 Å². The van der Waals surface area contributed by atoms with Crippen molar-refractivity contribution in [1.82, 2.24) is 15.6 Å². The van der Waals surface area contributed by atoms with Crippen LogP contribution in [0.15, 0.2) is 54.7 Å². The first-order valence-corrected chi connectivity index (χ1v) is 8.80. The number of carbonyl (C=O) groups excluding carboxylic acids is 2. The SMILES string of the molecule is O=C(CNC(=O)NC(Cc1c[nH]c2ccccc12)C(=O)O)Nc1cccc(F)c1. The molecule has 8 nitrogen and oxygen atoms in total. The van der Waals surface area contributed by atoms with Crippen molar-refractivity contribution in [3.8, 4) is 0 Å². The molecular weight excluding hydrogens is 379 g/mol. The Morgan fingerprint density at radius 1 is 1.10 bits per heavy atom. The van der Waals surface area contributed by atoms with Crippen LogP contribution in [-0.2, 0) is 16.0 Å². The average Bonchev–Trinajstić information content (AvgIpc) is 3.09. The van der Waals surface area contributed by atoms with Gasteiger partial charge in [-0.15, -0.1) is 0 Å². The fourth-order valence-electron chi connectivity index (χ4n) is 2.86. The van der Waals surface area contributed by atoms with Crippen molar-refractivity contribution in [3.05, 3.63) is 66.1 Å². The molecule has 150 valence electrons. The molecule has 3 amide bonds. The molecule has 29 heavy (non-hydrogen) atoms. The molecule has 3 rings (SSSR count). The molecule has 0 fully saturated rings. The summed E-state index contributed by atoms with van der Waals surface area (Å²) in [5.41, 5.74) is 1.86. The second-order valence-electron chi connectivity index (χ2n) is 6.34. The molecule has 1 unspecified atom stereocenters. The minimum Gasteiger partial charge on any atom is -0.480 e. The van der Waals surface area contributed by atoms with E-state index in [4.69, 9.17) is 0 Å². The molecular formula is C20H19FN4O4. The van der Waals surface area contributed by atoms with Crippen LogP contribution < -0.4 is 16.0 Å². The Kier molecular flexibility index (Phi) is 6.08. The number of para-hydroxylation sites is 1. The zero-order valence-corrected chi connectivity index (χ0v) is 15.2. The lowest BCUT2D eigenvalue weighted by molar-refractivity contribution is -0.139. The summed E-state index contributed by atoms with van der Waals surface area (Å²) in [5, 5.41) is 17.4. The van der Waals surface area contributed by atoms with Gasteiger partial charge in [0.15, 0.2) is 0 Å². The normalized spacial score (nSPS) is 11.6. The summed E-state index contributed by atoms with van der Waals surface area (Å²) in [6.45, 7) is -0.401. The van der Waals surface area contributed by atoms with Gasteiger partial charge in [-0.05, 0) is 29.8 Å². The number of urea groups is 1. The van der Waals surface area contributed by atoms with E-state index in [-0.39, 0.29) is 12.1 Å². The molecule has 2 aromatic carbocycles. The number of carbonyl (C=O) groups is 3. The Morgan fingerprint density at radius 2 is 1.90 bits per heavy atom. The first-order chi connectivity index (χ1) is 13.9. The number of hydrogen-bond acceptors (Lipinski definition) is 3. The van der Waals surface area contributed by atoms with E-state index in [0.29, 0.717) is 0 Å². The monoisotopic (exact) mass is 398 g/mol. The molecule has 1 atom stereocenters. The average molecular weight is 398 g/mol. The van der Waals surface area contributed by atoms with Crippen LogP contribution in [0.3, 0.4) is 0 Å². The third-order valence-electron chi connectivity index (χ3n) is 4.22. The summed E-state index contributed by atoms with van der Waals surface area (Å²) in [6.07, 6.45) is 1.77. The summed E-state index contributed by atoms with van der Waals surface area (Å²) in [5.74, 6) is -2.28. The van der Waals surface area contributed by atoms with Gasteiger partial charge in [-0.2, -0.15) is 0 Å². The number of fused-ring (bicyclic) bond motifs is 1. The third-order valence-corrected chi connectivity index (χ3v) is 4.22. The molecule has 1 aromatic heterocycles. The Labute approximate surface area is 165 Å². The highest BCUT2D eigenvalue weighted by atomic mass is 19.1. The number of carboxylic acid groups (broad SMARTS) is 1. The summed E-state index contributed by atoms with van der Waals surface area (Å²) >= 11 is 0. The van der Waals surface area contributed by atoms with Crippen LogP contribution in [0.4, 0.5) is 14.9 Å². The second-order valence-corrected chi connectivity index (χ2v) is 6.34. The predicted molar refractivity (Wildman–Crippen MR) is 105 cm³/mol. The molecule has 0 aliphatic rings. The Hall–Kier alpha value is -3.88. The van der Waals surface area contributed by atoms with Crippen molar-refractivity contribution < 1.29 is 23.9 Å². The maximum absolute atomic E-state index is 13.1. The number of anilines is 1. The van der Waals surface area contributed by atoms with Crippen molar-refractivity contribution in [2.45, 2.75) is 12.5 Å². The number of aliphatic carboxylic acids is 1. The van der Waals surface area contributed by atoms with Crippen LogP contribution >= 0.6 is 0 Å². The van der Waals surface area contributed by atoms with Crippen LogP contribution in [0.25, 0.3) is 10.9 Å². The maximum atomic E-state index is 13.1. The predicted octanol–water partition coefficient (Wildman–Crippen LogP) is 2.24. The number of halogens is 1. The fourth-order valence-corrected chi connectivity index (χ4v) is 2.86. The second kappa shape index (κ2) is 8.87. The number of amides is 3. The van der Waals surface area contributed by atoms with Crippen molar-refractivity contribution in [1.29, 1.82) is 0 Å². The Balaban J connectivity index is 1.54. The Bertz CT molecular complexity index is 1050. The molecule has 0 radical (unpaired) electrons. The van der Waals surface area contributed by atoms with E-state index in [2.05, 4.69) is 20.9 Å². The van der Waals surface area contributed by atoms with Gasteiger partial charge in [-0.3, -0.25) is 4.79 Å². The minimum absolute atomic E-state index is 0.0717. The fraction of sp³-hybridized carbons (Fsp3) is 0.150. The van der Waals surface area contributed by atoms with Gasteiger partial charge in [0.05, 0.1) is 6.54 Å². The lowest BCUT2D eigenvalue weighted by Gasteiger charge is -2.15. The van der Waals surface area contributed by atoms with Gasteiger partial charge < -0.3 is 26.0 Å².